The summed E-state index contributed by atoms with van der Waals surface area (Å²) in [4.78, 5) is 13.7. The van der Waals surface area contributed by atoms with E-state index in [4.69, 9.17) is 25.8 Å². The fourth-order valence-electron chi connectivity index (χ4n) is 5.38. The van der Waals surface area contributed by atoms with Gasteiger partial charge in [-0.2, -0.15) is 4.74 Å². The van der Waals surface area contributed by atoms with Crippen LogP contribution in [0.15, 0.2) is 72.6 Å². The zero-order valence-electron chi connectivity index (χ0n) is 22.2. The van der Waals surface area contributed by atoms with E-state index in [-0.39, 0.29) is 11.7 Å². The van der Waals surface area contributed by atoms with Crippen molar-refractivity contribution in [3.8, 4) is 17.2 Å². The molecule has 0 fully saturated rings. The molecule has 1 aromatic heterocycles. The Morgan fingerprint density at radius 3 is 2.64 bits per heavy atom. The van der Waals surface area contributed by atoms with Gasteiger partial charge in [0.15, 0.2) is 28.7 Å². The number of ether oxygens (including phenoxy) is 3. The number of allylic oxidation sites excluding steroid dienone is 2. The van der Waals surface area contributed by atoms with Crippen molar-refractivity contribution in [3.05, 3.63) is 94.1 Å². The van der Waals surface area contributed by atoms with Crippen molar-refractivity contribution in [1.82, 2.24) is 4.57 Å². The van der Waals surface area contributed by atoms with Crippen LogP contribution < -0.4 is 14.2 Å². The molecule has 1 aliphatic carbocycles. The third-order valence-electron chi connectivity index (χ3n) is 7.31. The number of methoxy groups -OCH3 is 1. The van der Waals surface area contributed by atoms with Gasteiger partial charge in [-0.3, -0.25) is 4.79 Å². The summed E-state index contributed by atoms with van der Waals surface area (Å²) in [7, 11) is 1.55. The molecule has 3 atom stereocenters. The SMILES string of the molecule is CCCC(C(=O)c1ccccc1)C(Oc1ccc(Cl)cc1)Oc1cn2c(c1OC)C=[N+]([O-])C1=CCCC[C@H]1C2. The van der Waals surface area contributed by atoms with E-state index in [1.165, 1.54) is 0 Å². The van der Waals surface area contributed by atoms with Crippen molar-refractivity contribution in [3.63, 3.8) is 0 Å². The van der Waals surface area contributed by atoms with Crippen LogP contribution in [0.2, 0.25) is 5.02 Å². The highest BCUT2D eigenvalue weighted by atomic mass is 35.5. The minimum atomic E-state index is -0.951. The number of carbonyl (C=O) groups is 1. The summed E-state index contributed by atoms with van der Waals surface area (Å²) in [5.74, 6) is 0.840. The molecule has 0 saturated heterocycles. The number of ketones is 1. The number of aromatic nitrogens is 1. The van der Waals surface area contributed by atoms with Gasteiger partial charge in [0.25, 0.3) is 6.29 Å². The molecule has 5 rings (SSSR count). The molecule has 2 aliphatic rings. The maximum Gasteiger partial charge on any atom is 0.251 e. The van der Waals surface area contributed by atoms with Crippen molar-refractivity contribution in [2.45, 2.75) is 51.9 Å². The van der Waals surface area contributed by atoms with Gasteiger partial charge in [0, 0.05) is 17.1 Å². The highest BCUT2D eigenvalue weighted by Gasteiger charge is 2.36. The van der Waals surface area contributed by atoms with Crippen molar-refractivity contribution < 1.29 is 23.7 Å². The minimum absolute atomic E-state index is 0.0644. The summed E-state index contributed by atoms with van der Waals surface area (Å²) in [5.41, 5.74) is 2.02. The lowest BCUT2D eigenvalue weighted by Gasteiger charge is -2.27. The van der Waals surface area contributed by atoms with Crippen LogP contribution in [-0.4, -0.2) is 34.7 Å². The van der Waals surface area contributed by atoms with Crippen LogP contribution in [0.1, 0.15) is 55.1 Å². The predicted molar refractivity (Wildman–Crippen MR) is 151 cm³/mol. The maximum absolute atomic E-state index is 13.7. The first-order valence-corrected chi connectivity index (χ1v) is 13.8. The second kappa shape index (κ2) is 12.0. The van der Waals surface area contributed by atoms with Crippen molar-refractivity contribution in [2.75, 3.05) is 7.11 Å². The first kappa shape index (κ1) is 26.9. The Labute approximate surface area is 233 Å². The number of carbonyl (C=O) groups excluding carboxylic acids is 1. The van der Waals surface area contributed by atoms with Crippen LogP contribution in [0.3, 0.4) is 0 Å². The first-order chi connectivity index (χ1) is 19.0. The second-order valence-electron chi connectivity index (χ2n) is 9.96. The van der Waals surface area contributed by atoms with E-state index in [2.05, 4.69) is 0 Å². The lowest BCUT2D eigenvalue weighted by molar-refractivity contribution is -0.406. The lowest BCUT2D eigenvalue weighted by Crippen LogP contribution is -2.38. The number of Topliss-reactive ketones (excluding diaryl/α,β-unsaturated/α-hetero) is 1. The van der Waals surface area contributed by atoms with Gasteiger partial charge in [0.2, 0.25) is 6.21 Å². The molecule has 1 aliphatic heterocycles. The molecule has 0 N–H and O–H groups in total. The van der Waals surface area contributed by atoms with Crippen molar-refractivity contribution in [2.24, 2.45) is 11.8 Å². The van der Waals surface area contributed by atoms with E-state index in [9.17, 15) is 10.0 Å². The normalized spacial score (nSPS) is 18.0. The molecule has 0 bridgehead atoms. The molecule has 2 aromatic carbocycles. The van der Waals surface area contributed by atoms with Crippen LogP contribution in [0.5, 0.6) is 17.2 Å². The quantitative estimate of drug-likeness (QED) is 0.120. The molecule has 7 nitrogen and oxygen atoms in total. The van der Waals surface area contributed by atoms with Crippen LogP contribution in [0.4, 0.5) is 0 Å². The fourth-order valence-corrected chi connectivity index (χ4v) is 5.51. The molecule has 3 aromatic rings. The Morgan fingerprint density at radius 1 is 1.15 bits per heavy atom. The second-order valence-corrected chi connectivity index (χ2v) is 10.4. The van der Waals surface area contributed by atoms with Gasteiger partial charge >= 0.3 is 0 Å². The number of halogens is 1. The summed E-state index contributed by atoms with van der Waals surface area (Å²) < 4.78 is 21.6. The molecule has 39 heavy (non-hydrogen) atoms. The molecule has 0 radical (unpaired) electrons. The number of rotatable bonds is 10. The summed E-state index contributed by atoms with van der Waals surface area (Å²) in [5, 5.41) is 13.6. The summed E-state index contributed by atoms with van der Waals surface area (Å²) in [6.45, 7) is 2.67. The van der Waals surface area contributed by atoms with Crippen LogP contribution in [0.25, 0.3) is 0 Å². The Kier molecular flexibility index (Phi) is 8.27. The molecular formula is C31H33ClN2O5. The van der Waals surface area contributed by atoms with Gasteiger partial charge < -0.3 is 24.0 Å². The van der Waals surface area contributed by atoms with Crippen LogP contribution >= 0.6 is 11.6 Å². The Bertz CT molecular complexity index is 1360. The molecular weight excluding hydrogens is 516 g/mol. The standard InChI is InChI=1S/C31H33ClN2O5/c1-3-9-25(29(35)21-10-5-4-6-11-21)31(38-24-16-14-23(32)15-17-24)39-28-20-33-18-22-12-7-8-13-26(22)34(36)19-27(33)30(28)37-2/h4-6,10-11,13-17,19-20,22,25,31H,3,7-9,12,18H2,1-2H3/t22-,25?,31?/m0/s1. The predicted octanol–water partition coefficient (Wildman–Crippen LogP) is 6.86. The molecule has 204 valence electrons. The number of benzene rings is 2. The van der Waals surface area contributed by atoms with E-state index in [0.29, 0.717) is 46.5 Å². The minimum Gasteiger partial charge on any atom is -0.618 e. The zero-order chi connectivity index (χ0) is 27.4. The third kappa shape index (κ3) is 5.83. The van der Waals surface area contributed by atoms with Gasteiger partial charge in [-0.05, 0) is 56.0 Å². The van der Waals surface area contributed by atoms with Gasteiger partial charge in [-0.1, -0.05) is 55.3 Å². The van der Waals surface area contributed by atoms with Gasteiger partial charge in [-0.15, -0.1) is 0 Å². The fraction of sp³-hybridized carbons (Fsp3) is 0.355. The topological polar surface area (TPSA) is 75.8 Å². The number of hydroxylamine groups is 1. The average molecular weight is 549 g/mol. The average Bonchev–Trinajstić information content (AvgIpc) is 3.20. The first-order valence-electron chi connectivity index (χ1n) is 13.4. The Hall–Kier alpha value is -3.71. The summed E-state index contributed by atoms with van der Waals surface area (Å²) in [6, 6.07) is 16.1. The van der Waals surface area contributed by atoms with E-state index in [0.717, 1.165) is 36.1 Å². The molecule has 2 heterocycles. The van der Waals surface area contributed by atoms with E-state index in [1.807, 2.05) is 42.0 Å². The van der Waals surface area contributed by atoms with Crippen LogP contribution in [0, 0.1) is 17.0 Å². The summed E-state index contributed by atoms with van der Waals surface area (Å²) in [6.07, 6.45) is 8.71. The third-order valence-corrected chi connectivity index (χ3v) is 7.57. The van der Waals surface area contributed by atoms with Crippen molar-refractivity contribution >= 4 is 23.6 Å². The largest absolute Gasteiger partial charge is 0.618 e. The smallest absolute Gasteiger partial charge is 0.251 e. The monoisotopic (exact) mass is 548 g/mol. The lowest BCUT2D eigenvalue weighted by atomic mass is 9.92. The van der Waals surface area contributed by atoms with E-state index >= 15 is 0 Å². The zero-order valence-corrected chi connectivity index (χ0v) is 23.0. The van der Waals surface area contributed by atoms with Crippen molar-refractivity contribution in [1.29, 1.82) is 0 Å². The number of hydrogen-bond acceptors (Lipinski definition) is 5. The maximum atomic E-state index is 13.7. The highest BCUT2D eigenvalue weighted by Crippen LogP contribution is 2.39. The number of nitrogens with zero attached hydrogens (tertiary/aromatic N) is 2. The molecule has 8 heteroatoms. The molecule has 0 saturated carbocycles. The Balaban J connectivity index is 1.53. The molecule has 0 amide bonds. The molecule has 0 spiro atoms. The van der Waals surface area contributed by atoms with Gasteiger partial charge in [0.1, 0.15) is 5.75 Å². The summed E-state index contributed by atoms with van der Waals surface area (Å²) >= 11 is 6.09. The molecule has 2 unspecified atom stereocenters. The number of hydrogen-bond donors (Lipinski definition) is 0. The van der Waals surface area contributed by atoms with Gasteiger partial charge in [-0.25, -0.2) is 0 Å². The highest BCUT2D eigenvalue weighted by molar-refractivity contribution is 6.30. The van der Waals surface area contributed by atoms with E-state index < -0.39 is 12.2 Å². The van der Waals surface area contributed by atoms with E-state index in [1.54, 1.807) is 49.7 Å². The van der Waals surface area contributed by atoms with Gasteiger partial charge in [0.05, 0.1) is 25.1 Å². The number of fused-ring (bicyclic) bond motifs is 2. The van der Waals surface area contributed by atoms with Crippen LogP contribution in [-0.2, 0) is 6.54 Å². The Morgan fingerprint density at radius 2 is 1.92 bits per heavy atom.